The van der Waals surface area contributed by atoms with Gasteiger partial charge in [0.05, 0.1) is 0 Å². The summed E-state index contributed by atoms with van der Waals surface area (Å²) in [4.78, 5) is 0. The third-order valence-corrected chi connectivity index (χ3v) is 1.22. The number of hydrogen-bond acceptors (Lipinski definition) is 0. The number of benzene rings is 1. The van der Waals surface area contributed by atoms with Crippen LogP contribution in [0.5, 0.6) is 0 Å². The summed E-state index contributed by atoms with van der Waals surface area (Å²) in [6.45, 7) is 3.44. The Hall–Kier alpha value is 0.243. The molecule has 0 bridgehead atoms. The average Bonchev–Trinajstić information content (AvgIpc) is 2.09. The second-order valence-corrected chi connectivity index (χ2v) is 2.06. The topological polar surface area (TPSA) is 0 Å². The van der Waals surface area contributed by atoms with Crippen LogP contribution in [0.1, 0.15) is 5.56 Å². The number of allylic oxidation sites excluding steroid dienone is 1. The van der Waals surface area contributed by atoms with Crippen molar-refractivity contribution in [2.45, 2.75) is 6.42 Å². The Kier molecular flexibility index (Phi) is 8.03. The molecule has 0 radical (unpaired) electrons. The van der Waals surface area contributed by atoms with E-state index in [1.165, 1.54) is 26.9 Å². The van der Waals surface area contributed by atoms with Crippen molar-refractivity contribution in [3.63, 3.8) is 0 Å². The molecule has 1 aromatic rings. The van der Waals surface area contributed by atoms with Crippen LogP contribution in [0.4, 0.5) is 4.39 Å². The van der Waals surface area contributed by atoms with Gasteiger partial charge >= 0.3 is 34.5 Å². The Morgan fingerprint density at radius 2 is 2.17 bits per heavy atom. The van der Waals surface area contributed by atoms with Gasteiger partial charge in [-0.25, -0.2) is 4.39 Å². The molecule has 3 heteroatoms. The third-order valence-electron chi connectivity index (χ3n) is 1.22. The Balaban J connectivity index is 0.000000561. The van der Waals surface area contributed by atoms with Gasteiger partial charge < -0.3 is 6.08 Å². The van der Waals surface area contributed by atoms with E-state index < -0.39 is 0 Å². The molecule has 0 saturated carbocycles. The van der Waals surface area contributed by atoms with Crippen LogP contribution in [0.25, 0.3) is 0 Å². The van der Waals surface area contributed by atoms with Crippen molar-refractivity contribution < 1.29 is 19.2 Å². The molecule has 0 amide bonds. The predicted molar refractivity (Wildman–Crippen MR) is 53.0 cm³/mol. The second-order valence-electron chi connectivity index (χ2n) is 2.06. The van der Waals surface area contributed by atoms with Crippen LogP contribution in [0.2, 0.25) is 0 Å². The summed E-state index contributed by atoms with van der Waals surface area (Å²) >= 11 is 3.62. The Morgan fingerprint density at radius 3 is 2.67 bits per heavy atom. The van der Waals surface area contributed by atoms with Crippen molar-refractivity contribution in [2.24, 2.45) is 0 Å². The minimum absolute atomic E-state index is 0.201. The maximum absolute atomic E-state index is 12.4. The fourth-order valence-corrected chi connectivity index (χ4v) is 0.791. The van der Waals surface area contributed by atoms with Gasteiger partial charge in [-0.2, -0.15) is 6.42 Å². The molecule has 0 aromatic heterocycles. The molecule has 0 heterocycles. The maximum atomic E-state index is 12.4. The zero-order valence-electron chi connectivity index (χ0n) is 6.69. The fraction of sp³-hybridized carbons (Fsp3) is 0.111. The first kappa shape index (κ1) is 12.2. The van der Waals surface area contributed by atoms with Gasteiger partial charge in [0.25, 0.3) is 0 Å². The zero-order chi connectivity index (χ0) is 9.40. The molecule has 0 nitrogen and oxygen atoms in total. The van der Waals surface area contributed by atoms with Gasteiger partial charge in [0, 0.05) is 0 Å². The summed E-state index contributed by atoms with van der Waals surface area (Å²) in [5.41, 5.74) is 0.912. The zero-order valence-corrected chi connectivity index (χ0v) is 11.8. The predicted octanol–water partition coefficient (Wildman–Crippen LogP) is 3.24. The standard InChI is InChI=1S/C9H8F.HI.Zn/c1-2-4-8-5-3-6-9(10)7-8;;/h3,5-7H,1,4H2;1H;/q-1;;+2/p-1. The first-order chi connectivity index (χ1) is 5.83. The summed E-state index contributed by atoms with van der Waals surface area (Å²) in [5.74, 6) is -0.201. The van der Waals surface area contributed by atoms with Gasteiger partial charge in [-0.15, -0.1) is 0 Å². The van der Waals surface area contributed by atoms with E-state index in [0.717, 1.165) is 5.56 Å². The molecule has 0 fully saturated rings. The average molecular weight is 327 g/mol. The molecule has 0 unspecified atom stereocenters. The van der Waals surface area contributed by atoms with Crippen molar-refractivity contribution >= 4 is 19.8 Å². The van der Waals surface area contributed by atoms with E-state index in [-0.39, 0.29) is 5.82 Å². The van der Waals surface area contributed by atoms with Gasteiger partial charge in [0.2, 0.25) is 0 Å². The summed E-state index contributed by atoms with van der Waals surface area (Å²) in [6.07, 6.45) is 3.30. The molecule has 0 aliphatic rings. The molecule has 12 heavy (non-hydrogen) atoms. The molecule has 0 N–H and O–H groups in total. The summed E-state index contributed by atoms with van der Waals surface area (Å²) in [5, 5.41) is 0. The van der Waals surface area contributed by atoms with E-state index in [0.29, 0.717) is 6.42 Å². The van der Waals surface area contributed by atoms with Crippen molar-refractivity contribution in [1.82, 2.24) is 0 Å². The van der Waals surface area contributed by atoms with E-state index in [9.17, 15) is 4.39 Å². The first-order valence-corrected chi connectivity index (χ1v) is 12.4. The fourth-order valence-electron chi connectivity index (χ4n) is 0.791. The number of halogens is 2. The van der Waals surface area contributed by atoms with Gasteiger partial charge in [-0.3, -0.25) is 6.58 Å². The molecular weight excluding hydrogens is 319 g/mol. The molecule has 1 rings (SSSR count). The van der Waals surface area contributed by atoms with Crippen LogP contribution in [0.15, 0.2) is 30.8 Å². The molecule has 0 atom stereocenters. The van der Waals surface area contributed by atoms with Crippen molar-refractivity contribution in [3.8, 4) is 0 Å². The molecule has 0 spiro atoms. The summed E-state index contributed by atoms with van der Waals surface area (Å²) in [7, 11) is 0. The molecule has 0 saturated heterocycles. The van der Waals surface area contributed by atoms with Crippen LogP contribution in [-0.2, 0) is 21.2 Å². The number of hydrogen-bond donors (Lipinski definition) is 0. The van der Waals surface area contributed by atoms with Crippen molar-refractivity contribution in [1.29, 1.82) is 0 Å². The van der Waals surface area contributed by atoms with E-state index in [2.05, 4.69) is 32.4 Å². The van der Waals surface area contributed by atoms with E-state index in [4.69, 9.17) is 0 Å². The molecular formula is C9H8FIZn. The molecule has 1 aromatic carbocycles. The summed E-state index contributed by atoms with van der Waals surface area (Å²) < 4.78 is 12.4. The number of rotatable bonds is 2. The normalized spacial score (nSPS) is 8.33. The van der Waals surface area contributed by atoms with E-state index in [1.807, 2.05) is 6.07 Å². The molecule has 60 valence electrons. The van der Waals surface area contributed by atoms with Gasteiger partial charge in [-0.05, 0) is 12.1 Å². The molecule has 0 aliphatic carbocycles. The minimum atomic E-state index is -0.201. The first-order valence-electron chi connectivity index (χ1n) is 3.34. The Morgan fingerprint density at radius 1 is 1.50 bits per heavy atom. The second kappa shape index (κ2) is 7.87. The summed E-state index contributed by atoms with van der Waals surface area (Å²) in [6, 6.07) is 6.44. The van der Waals surface area contributed by atoms with Crippen LogP contribution in [0.3, 0.4) is 0 Å². The van der Waals surface area contributed by atoms with Crippen LogP contribution < -0.4 is 0 Å². The molecule has 0 aliphatic heterocycles. The van der Waals surface area contributed by atoms with Gasteiger partial charge in [0.1, 0.15) is 5.82 Å². The van der Waals surface area contributed by atoms with E-state index >= 15 is 0 Å². The Labute approximate surface area is 93.1 Å². The van der Waals surface area contributed by atoms with Crippen LogP contribution in [-0.4, -0.2) is 0 Å². The monoisotopic (exact) mass is 326 g/mol. The van der Waals surface area contributed by atoms with E-state index in [1.54, 1.807) is 6.07 Å². The van der Waals surface area contributed by atoms with Crippen molar-refractivity contribution in [2.75, 3.05) is 0 Å². The van der Waals surface area contributed by atoms with Crippen LogP contribution in [0, 0.1) is 11.9 Å². The van der Waals surface area contributed by atoms with Crippen molar-refractivity contribution in [3.05, 3.63) is 48.3 Å². The SMILES string of the molecule is C=[C-]Cc1cccc(F)c1.[Zn+][I]. The Bertz CT molecular complexity index is 238. The van der Waals surface area contributed by atoms with Gasteiger partial charge in [-0.1, -0.05) is 17.7 Å². The quantitative estimate of drug-likeness (QED) is 0.444. The van der Waals surface area contributed by atoms with Crippen LogP contribution >= 0.6 is 19.8 Å². The van der Waals surface area contributed by atoms with Gasteiger partial charge in [0.15, 0.2) is 0 Å². The third kappa shape index (κ3) is 4.99.